The number of benzene rings is 1. The van der Waals surface area contributed by atoms with E-state index in [4.69, 9.17) is 4.74 Å². The van der Waals surface area contributed by atoms with E-state index in [0.717, 1.165) is 5.56 Å². The van der Waals surface area contributed by atoms with Crippen LogP contribution >= 0.6 is 0 Å². The zero-order valence-corrected chi connectivity index (χ0v) is 12.0. The van der Waals surface area contributed by atoms with Crippen molar-refractivity contribution in [3.63, 3.8) is 0 Å². The minimum Gasteiger partial charge on any atom is -0.465 e. The van der Waals surface area contributed by atoms with Crippen molar-refractivity contribution in [3.8, 4) is 0 Å². The molecule has 2 rings (SSSR count). The molecule has 0 bridgehead atoms. The van der Waals surface area contributed by atoms with Crippen LogP contribution in [0.3, 0.4) is 0 Å². The van der Waals surface area contributed by atoms with Crippen molar-refractivity contribution in [1.82, 2.24) is 4.90 Å². The van der Waals surface area contributed by atoms with Gasteiger partial charge in [-0.1, -0.05) is 30.3 Å². The molecule has 1 heterocycles. The highest BCUT2D eigenvalue weighted by Gasteiger charge is 2.51. The van der Waals surface area contributed by atoms with Crippen molar-refractivity contribution in [2.75, 3.05) is 6.61 Å². The normalized spacial score (nSPS) is 24.4. The first kappa shape index (κ1) is 14.8. The van der Waals surface area contributed by atoms with E-state index in [1.54, 1.807) is 20.8 Å². The summed E-state index contributed by atoms with van der Waals surface area (Å²) in [4.78, 5) is 12.7. The second-order valence-corrected chi connectivity index (χ2v) is 5.95. The number of amides is 1. The molecule has 20 heavy (non-hydrogen) atoms. The number of ether oxygens (including phenoxy) is 1. The summed E-state index contributed by atoms with van der Waals surface area (Å²) >= 11 is 0. The first-order valence-corrected chi connectivity index (χ1v) is 6.66. The second kappa shape index (κ2) is 5.07. The largest absolute Gasteiger partial charge is 0.465 e. The molecular formula is C15H21NO4. The molecule has 0 spiro atoms. The van der Waals surface area contributed by atoms with Crippen molar-refractivity contribution in [2.45, 2.75) is 44.6 Å². The third-order valence-corrected chi connectivity index (χ3v) is 3.82. The van der Waals surface area contributed by atoms with E-state index in [9.17, 15) is 15.0 Å². The van der Waals surface area contributed by atoms with Gasteiger partial charge in [-0.2, -0.15) is 0 Å². The highest BCUT2D eigenvalue weighted by atomic mass is 16.5. The van der Waals surface area contributed by atoms with E-state index in [-0.39, 0.29) is 6.61 Å². The molecule has 0 saturated carbocycles. The molecule has 0 aromatic heterocycles. The van der Waals surface area contributed by atoms with Crippen LogP contribution in [-0.4, -0.2) is 45.2 Å². The highest BCUT2D eigenvalue weighted by Crippen LogP contribution is 2.34. The number of hydrogen-bond acceptors (Lipinski definition) is 3. The van der Waals surface area contributed by atoms with Crippen LogP contribution in [-0.2, 0) is 11.2 Å². The van der Waals surface area contributed by atoms with Crippen LogP contribution in [0.5, 0.6) is 0 Å². The number of carbonyl (C=O) groups is 1. The van der Waals surface area contributed by atoms with Gasteiger partial charge in [0.25, 0.3) is 0 Å². The Bertz CT molecular complexity index is 484. The molecule has 110 valence electrons. The molecule has 1 aromatic carbocycles. The Morgan fingerprint density at radius 1 is 1.45 bits per heavy atom. The van der Waals surface area contributed by atoms with E-state index in [0.29, 0.717) is 6.42 Å². The molecule has 2 N–H and O–H groups in total. The number of hydrogen-bond donors (Lipinski definition) is 2. The van der Waals surface area contributed by atoms with Gasteiger partial charge in [0.05, 0.1) is 18.2 Å². The maximum absolute atomic E-state index is 11.5. The molecule has 5 nitrogen and oxygen atoms in total. The Hall–Kier alpha value is -1.59. The Labute approximate surface area is 118 Å². The van der Waals surface area contributed by atoms with Crippen molar-refractivity contribution in [1.29, 1.82) is 0 Å². The highest BCUT2D eigenvalue weighted by molar-refractivity contribution is 5.67. The van der Waals surface area contributed by atoms with E-state index in [1.165, 1.54) is 4.90 Å². The van der Waals surface area contributed by atoms with E-state index < -0.39 is 23.5 Å². The van der Waals surface area contributed by atoms with Crippen molar-refractivity contribution < 1.29 is 19.7 Å². The molecule has 1 fully saturated rings. The lowest BCUT2D eigenvalue weighted by atomic mass is 9.88. The van der Waals surface area contributed by atoms with Gasteiger partial charge in [0, 0.05) is 6.42 Å². The number of rotatable bonds is 3. The van der Waals surface area contributed by atoms with Crippen LogP contribution in [0.25, 0.3) is 0 Å². The van der Waals surface area contributed by atoms with Gasteiger partial charge in [-0.25, -0.2) is 4.79 Å². The summed E-state index contributed by atoms with van der Waals surface area (Å²) < 4.78 is 5.54. The molecular weight excluding hydrogens is 258 g/mol. The minimum absolute atomic E-state index is 0.194. The standard InChI is InChI=1S/C15H21NO4/c1-14(2)16(13(17)18)12(10-20-14)15(3,19)9-11-7-5-4-6-8-11/h4-8,12,19H,9-10H2,1-3H3,(H,17,18)/t12-,15?/m1/s1. The molecule has 1 aromatic rings. The lowest BCUT2D eigenvalue weighted by molar-refractivity contribution is -0.0584. The van der Waals surface area contributed by atoms with Crippen LogP contribution in [0.15, 0.2) is 30.3 Å². The molecule has 1 saturated heterocycles. The fourth-order valence-electron chi connectivity index (χ4n) is 2.75. The van der Waals surface area contributed by atoms with Crippen LogP contribution in [0, 0.1) is 0 Å². The maximum Gasteiger partial charge on any atom is 0.410 e. The minimum atomic E-state index is -1.19. The Morgan fingerprint density at radius 2 is 2.05 bits per heavy atom. The molecule has 0 radical (unpaired) electrons. The fraction of sp³-hybridized carbons (Fsp3) is 0.533. The fourth-order valence-corrected chi connectivity index (χ4v) is 2.75. The number of carboxylic acid groups (broad SMARTS) is 1. The molecule has 1 unspecified atom stereocenters. The third-order valence-electron chi connectivity index (χ3n) is 3.82. The molecule has 1 aliphatic heterocycles. The van der Waals surface area contributed by atoms with Gasteiger partial charge in [-0.15, -0.1) is 0 Å². The molecule has 1 amide bonds. The number of aliphatic hydroxyl groups is 1. The zero-order chi connectivity index (χ0) is 15.0. The topological polar surface area (TPSA) is 70.0 Å². The van der Waals surface area contributed by atoms with E-state index >= 15 is 0 Å². The molecule has 5 heteroatoms. The van der Waals surface area contributed by atoms with Gasteiger partial charge in [0.15, 0.2) is 0 Å². The van der Waals surface area contributed by atoms with Gasteiger partial charge in [-0.3, -0.25) is 4.90 Å². The second-order valence-electron chi connectivity index (χ2n) is 5.95. The lowest BCUT2D eigenvalue weighted by Gasteiger charge is -2.38. The smallest absolute Gasteiger partial charge is 0.410 e. The van der Waals surface area contributed by atoms with Gasteiger partial charge in [-0.05, 0) is 26.3 Å². The SMILES string of the molecule is CC(O)(Cc1ccccc1)[C@H]1COC(C)(C)N1C(=O)O. The molecule has 0 aliphatic carbocycles. The lowest BCUT2D eigenvalue weighted by Crippen LogP contribution is -2.56. The quantitative estimate of drug-likeness (QED) is 0.889. The van der Waals surface area contributed by atoms with Gasteiger partial charge >= 0.3 is 6.09 Å². The summed E-state index contributed by atoms with van der Waals surface area (Å²) in [6, 6.07) is 8.95. The predicted molar refractivity (Wildman–Crippen MR) is 74.5 cm³/mol. The predicted octanol–water partition coefficient (Wildman–Crippen LogP) is 2.09. The van der Waals surface area contributed by atoms with Crippen molar-refractivity contribution in [3.05, 3.63) is 35.9 Å². The monoisotopic (exact) mass is 279 g/mol. The van der Waals surface area contributed by atoms with Crippen molar-refractivity contribution >= 4 is 6.09 Å². The first-order chi connectivity index (χ1) is 9.24. The maximum atomic E-state index is 11.5. The average molecular weight is 279 g/mol. The van der Waals surface area contributed by atoms with Crippen LogP contribution < -0.4 is 0 Å². The Balaban J connectivity index is 2.23. The molecule has 2 atom stereocenters. The van der Waals surface area contributed by atoms with E-state index in [1.807, 2.05) is 30.3 Å². The summed E-state index contributed by atoms with van der Waals surface area (Å²) in [5.41, 5.74) is -1.14. The summed E-state index contributed by atoms with van der Waals surface area (Å²) in [7, 11) is 0. The summed E-state index contributed by atoms with van der Waals surface area (Å²) in [6.07, 6.45) is -0.701. The first-order valence-electron chi connectivity index (χ1n) is 6.66. The van der Waals surface area contributed by atoms with E-state index in [2.05, 4.69) is 0 Å². The zero-order valence-electron chi connectivity index (χ0n) is 12.0. The van der Waals surface area contributed by atoms with Gasteiger partial charge < -0.3 is 14.9 Å². The van der Waals surface area contributed by atoms with Crippen LogP contribution in [0.1, 0.15) is 26.3 Å². The summed E-state index contributed by atoms with van der Waals surface area (Å²) in [6.45, 7) is 5.24. The number of nitrogens with zero attached hydrogens (tertiary/aromatic N) is 1. The van der Waals surface area contributed by atoms with Crippen LogP contribution in [0.4, 0.5) is 4.79 Å². The van der Waals surface area contributed by atoms with Gasteiger partial charge in [0.2, 0.25) is 0 Å². The summed E-state index contributed by atoms with van der Waals surface area (Å²) in [5.74, 6) is 0. The Morgan fingerprint density at radius 3 is 2.60 bits per heavy atom. The van der Waals surface area contributed by atoms with Crippen molar-refractivity contribution in [2.24, 2.45) is 0 Å². The molecule has 1 aliphatic rings. The average Bonchev–Trinajstić information content (AvgIpc) is 2.66. The van der Waals surface area contributed by atoms with Gasteiger partial charge in [0.1, 0.15) is 5.72 Å². The summed E-state index contributed by atoms with van der Waals surface area (Å²) in [5, 5.41) is 20.1. The van der Waals surface area contributed by atoms with Crippen LogP contribution in [0.2, 0.25) is 0 Å². The Kier molecular flexibility index (Phi) is 3.75. The third kappa shape index (κ3) is 2.78.